The molecule has 1 aromatic carbocycles. The monoisotopic (exact) mass is 286 g/mol. The van der Waals surface area contributed by atoms with Crippen molar-refractivity contribution >= 4 is 18.3 Å². The first-order chi connectivity index (χ1) is 8.58. The van der Waals surface area contributed by atoms with E-state index >= 15 is 0 Å². The Morgan fingerprint density at radius 1 is 1.53 bits per heavy atom. The molecule has 0 radical (unpaired) electrons. The van der Waals surface area contributed by atoms with Crippen LogP contribution in [0, 0.1) is 5.82 Å². The van der Waals surface area contributed by atoms with Crippen LogP contribution in [0.1, 0.15) is 25.3 Å². The van der Waals surface area contributed by atoms with E-state index in [1.807, 2.05) is 11.8 Å². The summed E-state index contributed by atoms with van der Waals surface area (Å²) >= 11 is 0. The number of amides is 1. The standard InChI is InChI=1S/C14H19FN2O.ClH/c1-10-9-17(7-6-16-10)14(18)11(2)12-4-3-5-13(15)8-12;/h3-5,8,10-11,16H,6-7,9H2,1-2H3;1H. The molecule has 1 heterocycles. The fourth-order valence-electron chi connectivity index (χ4n) is 2.32. The van der Waals surface area contributed by atoms with Gasteiger partial charge in [0.15, 0.2) is 0 Å². The first-order valence-electron chi connectivity index (χ1n) is 6.35. The van der Waals surface area contributed by atoms with Crippen molar-refractivity contribution < 1.29 is 9.18 Å². The maximum atomic E-state index is 13.2. The highest BCUT2D eigenvalue weighted by molar-refractivity contribution is 5.85. The lowest BCUT2D eigenvalue weighted by Gasteiger charge is -2.33. The number of carbonyl (C=O) groups excluding carboxylic acids is 1. The van der Waals surface area contributed by atoms with E-state index in [9.17, 15) is 9.18 Å². The minimum absolute atomic E-state index is 0. The number of nitrogens with one attached hydrogen (secondary N) is 1. The van der Waals surface area contributed by atoms with Crippen molar-refractivity contribution in [3.8, 4) is 0 Å². The second kappa shape index (κ2) is 6.87. The molecular weight excluding hydrogens is 267 g/mol. The predicted octanol–water partition coefficient (Wildman–Crippen LogP) is 2.17. The number of hydrogen-bond donors (Lipinski definition) is 1. The highest BCUT2D eigenvalue weighted by Crippen LogP contribution is 2.19. The molecule has 1 aromatic rings. The smallest absolute Gasteiger partial charge is 0.229 e. The lowest BCUT2D eigenvalue weighted by atomic mass is 9.99. The van der Waals surface area contributed by atoms with Crippen LogP contribution in [0.4, 0.5) is 4.39 Å². The minimum Gasteiger partial charge on any atom is -0.339 e. The van der Waals surface area contributed by atoms with E-state index < -0.39 is 0 Å². The van der Waals surface area contributed by atoms with Crippen molar-refractivity contribution in [2.45, 2.75) is 25.8 Å². The van der Waals surface area contributed by atoms with Crippen molar-refractivity contribution in [2.75, 3.05) is 19.6 Å². The minimum atomic E-state index is -0.291. The molecule has 0 saturated carbocycles. The summed E-state index contributed by atoms with van der Waals surface area (Å²) in [6, 6.07) is 6.61. The Labute approximate surface area is 119 Å². The van der Waals surface area contributed by atoms with Gasteiger partial charge in [-0.3, -0.25) is 4.79 Å². The molecule has 1 N–H and O–H groups in total. The van der Waals surface area contributed by atoms with Crippen LogP contribution in [-0.4, -0.2) is 36.5 Å². The van der Waals surface area contributed by atoms with Gasteiger partial charge in [-0.15, -0.1) is 12.4 Å². The quantitative estimate of drug-likeness (QED) is 0.904. The zero-order valence-electron chi connectivity index (χ0n) is 11.2. The van der Waals surface area contributed by atoms with Crippen LogP contribution >= 0.6 is 12.4 Å². The zero-order chi connectivity index (χ0) is 13.1. The van der Waals surface area contributed by atoms with Crippen LogP contribution in [-0.2, 0) is 4.79 Å². The molecule has 5 heteroatoms. The molecule has 1 saturated heterocycles. The van der Waals surface area contributed by atoms with E-state index in [4.69, 9.17) is 0 Å². The summed E-state index contributed by atoms with van der Waals surface area (Å²) in [7, 11) is 0. The van der Waals surface area contributed by atoms with Gasteiger partial charge >= 0.3 is 0 Å². The topological polar surface area (TPSA) is 32.3 Å². The maximum absolute atomic E-state index is 13.2. The van der Waals surface area contributed by atoms with Crippen LogP contribution in [0.25, 0.3) is 0 Å². The summed E-state index contributed by atoms with van der Waals surface area (Å²) in [6.07, 6.45) is 0. The third kappa shape index (κ3) is 3.91. The molecule has 2 rings (SSSR count). The van der Waals surface area contributed by atoms with E-state index in [2.05, 4.69) is 12.2 Å². The number of piperazine rings is 1. The van der Waals surface area contributed by atoms with Crippen molar-refractivity contribution in [1.29, 1.82) is 0 Å². The number of rotatable bonds is 2. The number of hydrogen-bond acceptors (Lipinski definition) is 2. The summed E-state index contributed by atoms with van der Waals surface area (Å²) in [5.74, 6) is -0.499. The molecule has 0 aliphatic carbocycles. The number of halogens is 2. The van der Waals surface area contributed by atoms with Crippen LogP contribution in [0.2, 0.25) is 0 Å². The second-order valence-electron chi connectivity index (χ2n) is 4.92. The Bertz CT molecular complexity index is 441. The number of benzene rings is 1. The normalized spacial score (nSPS) is 20.6. The van der Waals surface area contributed by atoms with Crippen LogP contribution < -0.4 is 5.32 Å². The predicted molar refractivity (Wildman–Crippen MR) is 76.1 cm³/mol. The lowest BCUT2D eigenvalue weighted by Crippen LogP contribution is -2.52. The molecule has 1 aliphatic rings. The van der Waals surface area contributed by atoms with Gasteiger partial charge in [-0.05, 0) is 31.5 Å². The SMILES string of the molecule is CC1CN(C(=O)C(C)c2cccc(F)c2)CCN1.Cl. The van der Waals surface area contributed by atoms with Gasteiger partial charge in [0.2, 0.25) is 5.91 Å². The fourth-order valence-corrected chi connectivity index (χ4v) is 2.32. The third-order valence-corrected chi connectivity index (χ3v) is 3.40. The van der Waals surface area contributed by atoms with E-state index in [1.54, 1.807) is 12.1 Å². The molecule has 0 spiro atoms. The molecule has 0 bridgehead atoms. The maximum Gasteiger partial charge on any atom is 0.229 e. The summed E-state index contributed by atoms with van der Waals surface area (Å²) in [5.41, 5.74) is 0.742. The zero-order valence-corrected chi connectivity index (χ0v) is 12.0. The van der Waals surface area contributed by atoms with Crippen LogP contribution in [0.15, 0.2) is 24.3 Å². The largest absolute Gasteiger partial charge is 0.339 e. The molecule has 106 valence electrons. The van der Waals surface area contributed by atoms with Crippen LogP contribution in [0.5, 0.6) is 0 Å². The second-order valence-corrected chi connectivity index (χ2v) is 4.92. The van der Waals surface area contributed by atoms with E-state index in [1.165, 1.54) is 12.1 Å². The number of carbonyl (C=O) groups is 1. The lowest BCUT2D eigenvalue weighted by molar-refractivity contribution is -0.133. The molecule has 3 nitrogen and oxygen atoms in total. The van der Waals surface area contributed by atoms with Gasteiger partial charge in [-0.1, -0.05) is 12.1 Å². The third-order valence-electron chi connectivity index (χ3n) is 3.40. The summed E-state index contributed by atoms with van der Waals surface area (Å²) < 4.78 is 13.2. The summed E-state index contributed by atoms with van der Waals surface area (Å²) in [6.45, 7) is 6.17. The molecule has 19 heavy (non-hydrogen) atoms. The Morgan fingerprint density at radius 3 is 2.89 bits per heavy atom. The summed E-state index contributed by atoms with van der Waals surface area (Å²) in [5, 5.41) is 3.30. The first-order valence-corrected chi connectivity index (χ1v) is 6.35. The molecule has 1 amide bonds. The molecule has 0 aromatic heterocycles. The van der Waals surface area contributed by atoms with E-state index in [-0.39, 0.29) is 30.0 Å². The Hall–Kier alpha value is -1.13. The Morgan fingerprint density at radius 2 is 2.26 bits per heavy atom. The molecule has 2 atom stereocenters. The Balaban J connectivity index is 0.00000180. The average molecular weight is 287 g/mol. The molecule has 1 fully saturated rings. The Kier molecular flexibility index (Phi) is 5.76. The highest BCUT2D eigenvalue weighted by Gasteiger charge is 2.25. The molecular formula is C14H20ClFN2O. The average Bonchev–Trinajstić information content (AvgIpc) is 2.37. The summed E-state index contributed by atoms with van der Waals surface area (Å²) in [4.78, 5) is 14.2. The first kappa shape index (κ1) is 15.9. The van der Waals surface area contributed by atoms with Gasteiger partial charge in [0.1, 0.15) is 5.82 Å². The van der Waals surface area contributed by atoms with Gasteiger partial charge in [-0.25, -0.2) is 4.39 Å². The van der Waals surface area contributed by atoms with Crippen molar-refractivity contribution in [1.82, 2.24) is 10.2 Å². The van der Waals surface area contributed by atoms with Gasteiger partial charge < -0.3 is 10.2 Å². The van der Waals surface area contributed by atoms with Gasteiger partial charge in [0.25, 0.3) is 0 Å². The van der Waals surface area contributed by atoms with E-state index in [0.717, 1.165) is 25.2 Å². The van der Waals surface area contributed by atoms with Gasteiger partial charge in [0, 0.05) is 25.7 Å². The fraction of sp³-hybridized carbons (Fsp3) is 0.500. The molecule has 2 unspecified atom stereocenters. The van der Waals surface area contributed by atoms with Crippen molar-refractivity contribution in [3.63, 3.8) is 0 Å². The van der Waals surface area contributed by atoms with Gasteiger partial charge in [-0.2, -0.15) is 0 Å². The number of nitrogens with zero attached hydrogens (tertiary/aromatic N) is 1. The highest BCUT2D eigenvalue weighted by atomic mass is 35.5. The van der Waals surface area contributed by atoms with Crippen molar-refractivity contribution in [2.24, 2.45) is 0 Å². The molecule has 1 aliphatic heterocycles. The van der Waals surface area contributed by atoms with Crippen molar-refractivity contribution in [3.05, 3.63) is 35.6 Å². The van der Waals surface area contributed by atoms with Gasteiger partial charge in [0.05, 0.1) is 5.92 Å². The van der Waals surface area contributed by atoms with E-state index in [0.29, 0.717) is 6.04 Å². The van der Waals surface area contributed by atoms with Crippen LogP contribution in [0.3, 0.4) is 0 Å².